The molecule has 6 heteroatoms. The molecule has 6 nitrogen and oxygen atoms in total. The normalized spacial score (nSPS) is 10.6. The first kappa shape index (κ1) is 15.7. The third-order valence-corrected chi connectivity index (χ3v) is 4.01. The Bertz CT molecular complexity index is 1040. The molecule has 26 heavy (non-hydrogen) atoms. The number of nitro groups is 1. The van der Waals surface area contributed by atoms with Gasteiger partial charge in [-0.3, -0.25) is 10.1 Å². The predicted molar refractivity (Wildman–Crippen MR) is 98.9 cm³/mol. The lowest BCUT2D eigenvalue weighted by molar-refractivity contribution is -0.385. The summed E-state index contributed by atoms with van der Waals surface area (Å²) in [4.78, 5) is 14.6. The monoisotopic (exact) mass is 342 g/mol. The Kier molecular flexibility index (Phi) is 3.99. The maximum atomic E-state index is 10.9. The van der Waals surface area contributed by atoms with Gasteiger partial charge in [-0.25, -0.2) is 9.67 Å². The van der Waals surface area contributed by atoms with E-state index in [0.717, 1.165) is 22.5 Å². The number of hydrogen-bond acceptors (Lipinski definition) is 4. The molecule has 2 aromatic carbocycles. The number of aromatic nitrogens is 3. The lowest BCUT2D eigenvalue weighted by Crippen LogP contribution is -2.02. The summed E-state index contributed by atoms with van der Waals surface area (Å²) in [6.45, 7) is 0. The van der Waals surface area contributed by atoms with Crippen LogP contribution in [0.15, 0.2) is 85.1 Å². The van der Waals surface area contributed by atoms with Gasteiger partial charge in [-0.15, -0.1) is 0 Å². The summed E-state index contributed by atoms with van der Waals surface area (Å²) < 4.78 is 1.71. The van der Waals surface area contributed by atoms with E-state index < -0.39 is 4.92 Å². The molecule has 0 aliphatic heterocycles. The summed E-state index contributed by atoms with van der Waals surface area (Å²) >= 11 is 0. The molecule has 2 heterocycles. The summed E-state index contributed by atoms with van der Waals surface area (Å²) in [5, 5.41) is 15.6. The molecule has 0 saturated heterocycles. The van der Waals surface area contributed by atoms with E-state index in [-0.39, 0.29) is 5.69 Å². The third-order valence-electron chi connectivity index (χ3n) is 4.01. The van der Waals surface area contributed by atoms with Crippen molar-refractivity contribution in [3.63, 3.8) is 0 Å². The molecular weight excluding hydrogens is 328 g/mol. The summed E-state index contributed by atoms with van der Waals surface area (Å²) in [5.41, 5.74) is 3.61. The van der Waals surface area contributed by atoms with Gasteiger partial charge in [0, 0.05) is 17.2 Å². The van der Waals surface area contributed by atoms with Crippen LogP contribution in [0.3, 0.4) is 0 Å². The highest BCUT2D eigenvalue weighted by Gasteiger charge is 2.15. The second-order valence-corrected chi connectivity index (χ2v) is 5.69. The van der Waals surface area contributed by atoms with E-state index in [0.29, 0.717) is 5.82 Å². The molecule has 0 aliphatic carbocycles. The van der Waals surface area contributed by atoms with Crippen LogP contribution in [0.5, 0.6) is 0 Å². The Morgan fingerprint density at radius 1 is 0.846 bits per heavy atom. The Morgan fingerprint density at radius 3 is 2.08 bits per heavy atom. The zero-order chi connectivity index (χ0) is 17.9. The number of nitrogens with zero attached hydrogens (tertiary/aromatic N) is 4. The first-order valence-corrected chi connectivity index (χ1v) is 8.04. The second kappa shape index (κ2) is 6.60. The van der Waals surface area contributed by atoms with Gasteiger partial charge in [-0.2, -0.15) is 5.10 Å². The van der Waals surface area contributed by atoms with Gasteiger partial charge < -0.3 is 0 Å². The molecule has 0 radical (unpaired) electrons. The van der Waals surface area contributed by atoms with Crippen molar-refractivity contribution >= 4 is 5.69 Å². The Hall–Kier alpha value is -3.80. The number of pyridine rings is 1. The fourth-order valence-electron chi connectivity index (χ4n) is 2.73. The van der Waals surface area contributed by atoms with E-state index in [1.807, 2.05) is 66.7 Å². The van der Waals surface area contributed by atoms with Crippen molar-refractivity contribution in [3.05, 3.63) is 95.2 Å². The van der Waals surface area contributed by atoms with Crippen LogP contribution < -0.4 is 0 Å². The molecule has 0 N–H and O–H groups in total. The highest BCUT2D eigenvalue weighted by molar-refractivity contribution is 5.70. The molecule has 0 aliphatic rings. The highest BCUT2D eigenvalue weighted by atomic mass is 16.6. The minimum Gasteiger partial charge on any atom is -0.258 e. The lowest BCUT2D eigenvalue weighted by atomic mass is 10.1. The van der Waals surface area contributed by atoms with Crippen LogP contribution in [-0.2, 0) is 0 Å². The molecule has 0 atom stereocenters. The SMILES string of the molecule is O=[N+]([O-])c1ccc(-n2nc(-c3ccccc3)cc2-c2ccccc2)nc1. The Morgan fingerprint density at radius 2 is 1.50 bits per heavy atom. The van der Waals surface area contributed by atoms with Crippen molar-refractivity contribution in [1.82, 2.24) is 14.8 Å². The van der Waals surface area contributed by atoms with Gasteiger partial charge in [0.05, 0.1) is 16.3 Å². The summed E-state index contributed by atoms with van der Waals surface area (Å²) in [6.07, 6.45) is 1.24. The first-order valence-electron chi connectivity index (χ1n) is 8.04. The van der Waals surface area contributed by atoms with Gasteiger partial charge in [-0.1, -0.05) is 60.7 Å². The maximum absolute atomic E-state index is 10.9. The van der Waals surface area contributed by atoms with Gasteiger partial charge in [-0.05, 0) is 12.1 Å². The van der Waals surface area contributed by atoms with Crippen molar-refractivity contribution in [2.24, 2.45) is 0 Å². The summed E-state index contributed by atoms with van der Waals surface area (Å²) in [7, 11) is 0. The van der Waals surface area contributed by atoms with Crippen LogP contribution in [0.1, 0.15) is 0 Å². The van der Waals surface area contributed by atoms with Crippen molar-refractivity contribution < 1.29 is 4.92 Å². The van der Waals surface area contributed by atoms with Gasteiger partial charge in [0.25, 0.3) is 5.69 Å². The highest BCUT2D eigenvalue weighted by Crippen LogP contribution is 2.28. The second-order valence-electron chi connectivity index (χ2n) is 5.69. The quantitative estimate of drug-likeness (QED) is 0.404. The zero-order valence-corrected chi connectivity index (χ0v) is 13.7. The molecule has 4 rings (SSSR count). The fourth-order valence-corrected chi connectivity index (χ4v) is 2.73. The van der Waals surface area contributed by atoms with E-state index in [4.69, 9.17) is 0 Å². The van der Waals surface area contributed by atoms with Gasteiger partial charge in [0.2, 0.25) is 0 Å². The van der Waals surface area contributed by atoms with Gasteiger partial charge in [0.1, 0.15) is 6.20 Å². The van der Waals surface area contributed by atoms with Crippen LogP contribution >= 0.6 is 0 Å². The predicted octanol–water partition coefficient (Wildman–Crippen LogP) is 4.51. The van der Waals surface area contributed by atoms with E-state index in [9.17, 15) is 10.1 Å². The van der Waals surface area contributed by atoms with E-state index in [1.165, 1.54) is 12.3 Å². The summed E-state index contributed by atoms with van der Waals surface area (Å²) in [5.74, 6) is 0.525. The van der Waals surface area contributed by atoms with Gasteiger partial charge >= 0.3 is 0 Å². The molecule has 0 bridgehead atoms. The van der Waals surface area contributed by atoms with Crippen LogP contribution in [0.2, 0.25) is 0 Å². The molecule has 2 aromatic heterocycles. The molecule has 126 valence electrons. The molecule has 0 saturated carbocycles. The maximum Gasteiger partial charge on any atom is 0.287 e. The minimum atomic E-state index is -0.465. The third kappa shape index (κ3) is 2.95. The van der Waals surface area contributed by atoms with Crippen LogP contribution in [0, 0.1) is 10.1 Å². The molecule has 0 amide bonds. The number of benzene rings is 2. The first-order chi connectivity index (χ1) is 12.7. The van der Waals surface area contributed by atoms with Crippen molar-refractivity contribution in [1.29, 1.82) is 0 Å². The van der Waals surface area contributed by atoms with Crippen LogP contribution in [0.25, 0.3) is 28.3 Å². The van der Waals surface area contributed by atoms with E-state index in [1.54, 1.807) is 10.7 Å². The van der Waals surface area contributed by atoms with Crippen LogP contribution in [0.4, 0.5) is 5.69 Å². The average molecular weight is 342 g/mol. The van der Waals surface area contributed by atoms with Gasteiger partial charge in [0.15, 0.2) is 5.82 Å². The molecule has 4 aromatic rings. The smallest absolute Gasteiger partial charge is 0.258 e. The topological polar surface area (TPSA) is 73.8 Å². The average Bonchev–Trinajstić information content (AvgIpc) is 3.15. The Labute approximate surface area is 149 Å². The van der Waals surface area contributed by atoms with E-state index >= 15 is 0 Å². The zero-order valence-electron chi connectivity index (χ0n) is 13.7. The largest absolute Gasteiger partial charge is 0.287 e. The van der Waals surface area contributed by atoms with Crippen molar-refractivity contribution in [3.8, 4) is 28.3 Å². The molecule has 0 unspecified atom stereocenters. The molecular formula is C20H14N4O2. The van der Waals surface area contributed by atoms with Crippen molar-refractivity contribution in [2.75, 3.05) is 0 Å². The molecule has 0 spiro atoms. The van der Waals surface area contributed by atoms with E-state index in [2.05, 4.69) is 10.1 Å². The number of rotatable bonds is 4. The van der Waals surface area contributed by atoms with Crippen LogP contribution in [-0.4, -0.2) is 19.7 Å². The standard InChI is InChI=1S/C20H14N4O2/c25-24(26)17-11-12-20(21-14-17)23-19(16-9-5-2-6-10-16)13-18(22-23)15-7-3-1-4-8-15/h1-14H. The van der Waals surface area contributed by atoms with Crippen molar-refractivity contribution in [2.45, 2.75) is 0 Å². The lowest BCUT2D eigenvalue weighted by Gasteiger charge is -2.06. The number of hydrogen-bond donors (Lipinski definition) is 0. The minimum absolute atomic E-state index is 0.0505. The molecule has 0 fully saturated rings. The Balaban J connectivity index is 1.87. The fraction of sp³-hybridized carbons (Fsp3) is 0. The summed E-state index contributed by atoms with van der Waals surface area (Å²) in [6, 6.07) is 24.7.